The molecule has 0 saturated heterocycles. The second-order valence-electron chi connectivity index (χ2n) is 5.61. The quantitative estimate of drug-likeness (QED) is 0.428. The zero-order valence-electron chi connectivity index (χ0n) is 14.1. The second kappa shape index (κ2) is 7.49. The van der Waals surface area contributed by atoms with Gasteiger partial charge in [0.1, 0.15) is 0 Å². The van der Waals surface area contributed by atoms with Crippen LogP contribution in [-0.4, -0.2) is 19.2 Å². The van der Waals surface area contributed by atoms with Crippen molar-refractivity contribution in [1.29, 1.82) is 0 Å². The van der Waals surface area contributed by atoms with Gasteiger partial charge in [0, 0.05) is 5.75 Å². The summed E-state index contributed by atoms with van der Waals surface area (Å²) < 4.78 is 37.0. The van der Waals surface area contributed by atoms with Crippen molar-refractivity contribution in [2.45, 2.75) is 41.7 Å². The Morgan fingerprint density at radius 3 is 2.56 bits per heavy atom. The zero-order chi connectivity index (χ0) is 17.9. The van der Waals surface area contributed by atoms with Gasteiger partial charge in [0.2, 0.25) is 20.0 Å². The van der Waals surface area contributed by atoms with E-state index in [1.54, 1.807) is 36.4 Å². The van der Waals surface area contributed by atoms with E-state index < -0.39 is 9.84 Å². The van der Waals surface area contributed by atoms with Crippen LogP contribution in [0.25, 0.3) is 11.7 Å². The minimum absolute atomic E-state index is 0.0520. The van der Waals surface area contributed by atoms with E-state index in [1.807, 2.05) is 6.92 Å². The molecular formula is C18H19NO4S2. The van der Waals surface area contributed by atoms with Gasteiger partial charge in [0.05, 0.1) is 11.2 Å². The van der Waals surface area contributed by atoms with Gasteiger partial charge < -0.3 is 8.83 Å². The molecule has 132 valence electrons. The maximum atomic E-state index is 13.0. The molecule has 0 aliphatic carbocycles. The van der Waals surface area contributed by atoms with Crippen molar-refractivity contribution in [2.24, 2.45) is 0 Å². The first kappa shape index (κ1) is 17.8. The van der Waals surface area contributed by atoms with E-state index in [2.05, 4.69) is 11.9 Å². The Kier molecular flexibility index (Phi) is 5.34. The molecule has 2 heterocycles. The molecule has 0 N–H and O–H groups in total. The number of aromatic nitrogens is 1. The fraction of sp³-hybridized carbons (Fsp3) is 0.278. The number of nitrogens with zero attached hydrogens (tertiary/aromatic N) is 1. The smallest absolute Gasteiger partial charge is 0.265 e. The third-order valence-electron chi connectivity index (χ3n) is 3.62. The third kappa shape index (κ3) is 3.82. The maximum Gasteiger partial charge on any atom is 0.265 e. The van der Waals surface area contributed by atoms with Gasteiger partial charge in [-0.25, -0.2) is 8.42 Å². The summed E-state index contributed by atoms with van der Waals surface area (Å²) in [5.74, 6) is 1.34. The molecule has 0 unspecified atom stereocenters. The van der Waals surface area contributed by atoms with E-state index in [-0.39, 0.29) is 15.8 Å². The molecule has 2 aromatic heterocycles. The van der Waals surface area contributed by atoms with Crippen LogP contribution in [0.2, 0.25) is 0 Å². The van der Waals surface area contributed by atoms with E-state index in [0.717, 1.165) is 24.2 Å². The number of sulfone groups is 1. The predicted octanol–water partition coefficient (Wildman–Crippen LogP) is 4.97. The molecule has 1 aromatic carbocycles. The Hall–Kier alpha value is -1.99. The van der Waals surface area contributed by atoms with Gasteiger partial charge in [-0.3, -0.25) is 0 Å². The van der Waals surface area contributed by atoms with Crippen LogP contribution in [0.4, 0.5) is 0 Å². The topological polar surface area (TPSA) is 73.3 Å². The normalized spacial score (nSPS) is 11.8. The molecule has 0 aliphatic heterocycles. The monoisotopic (exact) mass is 377 g/mol. The largest absolute Gasteiger partial charge is 0.459 e. The number of hydrogen-bond acceptors (Lipinski definition) is 6. The minimum atomic E-state index is -3.76. The molecule has 3 aromatic rings. The first-order chi connectivity index (χ1) is 12.0. The molecule has 0 amide bonds. The molecular weight excluding hydrogens is 358 g/mol. The lowest BCUT2D eigenvalue weighted by atomic mass is 10.2. The van der Waals surface area contributed by atoms with E-state index in [4.69, 9.17) is 8.83 Å². The fourth-order valence-electron chi connectivity index (χ4n) is 2.20. The van der Waals surface area contributed by atoms with Gasteiger partial charge in [-0.1, -0.05) is 42.8 Å². The molecule has 0 spiro atoms. The zero-order valence-corrected chi connectivity index (χ0v) is 15.7. The van der Waals surface area contributed by atoms with Gasteiger partial charge in [-0.15, -0.1) is 0 Å². The first-order valence-corrected chi connectivity index (χ1v) is 10.5. The third-order valence-corrected chi connectivity index (χ3v) is 6.46. The number of furan rings is 1. The minimum Gasteiger partial charge on any atom is -0.459 e. The van der Waals surface area contributed by atoms with Crippen LogP contribution < -0.4 is 0 Å². The SMILES string of the molecule is CCCCSc1oc(-c2ccco2)nc1S(=O)(=O)c1ccc(C)cc1. The number of benzene rings is 1. The van der Waals surface area contributed by atoms with Crippen LogP contribution in [0, 0.1) is 6.92 Å². The van der Waals surface area contributed by atoms with Gasteiger partial charge >= 0.3 is 0 Å². The second-order valence-corrected chi connectivity index (χ2v) is 8.54. The Bertz CT molecular complexity index is 926. The summed E-state index contributed by atoms with van der Waals surface area (Å²) in [6.07, 6.45) is 3.48. The highest BCUT2D eigenvalue weighted by Crippen LogP contribution is 2.35. The number of aryl methyl sites for hydroxylation is 1. The lowest BCUT2D eigenvalue weighted by Gasteiger charge is -2.03. The molecule has 3 rings (SSSR count). The Morgan fingerprint density at radius 2 is 1.92 bits per heavy atom. The van der Waals surface area contributed by atoms with Crippen molar-refractivity contribution >= 4 is 21.6 Å². The molecule has 0 fully saturated rings. The number of thioether (sulfide) groups is 1. The van der Waals surface area contributed by atoms with Crippen molar-refractivity contribution in [1.82, 2.24) is 4.98 Å². The molecule has 0 atom stereocenters. The van der Waals surface area contributed by atoms with Crippen LogP contribution in [-0.2, 0) is 9.84 Å². The fourth-order valence-corrected chi connectivity index (χ4v) is 4.81. The molecule has 0 saturated carbocycles. The van der Waals surface area contributed by atoms with E-state index in [9.17, 15) is 8.42 Å². The number of unbranched alkanes of at least 4 members (excludes halogenated alkanes) is 1. The highest BCUT2D eigenvalue weighted by atomic mass is 32.2. The first-order valence-electron chi connectivity index (χ1n) is 8.01. The van der Waals surface area contributed by atoms with Crippen LogP contribution in [0.15, 0.2) is 66.5 Å². The summed E-state index contributed by atoms with van der Waals surface area (Å²) in [4.78, 5) is 4.44. The standard InChI is InChI=1S/C18H19NO4S2/c1-3-4-12-24-18-17(19-16(23-18)15-6-5-11-22-15)25(20,21)14-9-7-13(2)8-10-14/h5-11H,3-4,12H2,1-2H3. The lowest BCUT2D eigenvalue weighted by Crippen LogP contribution is -2.04. The number of rotatable bonds is 7. The average molecular weight is 377 g/mol. The lowest BCUT2D eigenvalue weighted by molar-refractivity contribution is 0.451. The van der Waals surface area contributed by atoms with E-state index in [1.165, 1.54) is 18.0 Å². The van der Waals surface area contributed by atoms with Crippen LogP contribution >= 0.6 is 11.8 Å². The predicted molar refractivity (Wildman–Crippen MR) is 96.5 cm³/mol. The molecule has 0 radical (unpaired) electrons. The summed E-state index contributed by atoms with van der Waals surface area (Å²) in [6.45, 7) is 3.99. The molecule has 0 aliphatic rings. The summed E-state index contributed by atoms with van der Waals surface area (Å²) in [6, 6.07) is 10.1. The Balaban J connectivity index is 2.04. The molecule has 7 heteroatoms. The molecule has 0 bridgehead atoms. The highest BCUT2D eigenvalue weighted by Gasteiger charge is 2.29. The van der Waals surface area contributed by atoms with Gasteiger partial charge in [0.15, 0.2) is 5.76 Å². The summed E-state index contributed by atoms with van der Waals surface area (Å²) in [5.41, 5.74) is 0.993. The summed E-state index contributed by atoms with van der Waals surface area (Å²) >= 11 is 1.36. The Morgan fingerprint density at radius 1 is 1.16 bits per heavy atom. The van der Waals surface area contributed by atoms with Crippen LogP contribution in [0.3, 0.4) is 0 Å². The van der Waals surface area contributed by atoms with Crippen molar-refractivity contribution < 1.29 is 17.3 Å². The number of hydrogen-bond donors (Lipinski definition) is 0. The van der Waals surface area contributed by atoms with Gasteiger partial charge in [-0.2, -0.15) is 4.98 Å². The molecule has 25 heavy (non-hydrogen) atoms. The van der Waals surface area contributed by atoms with E-state index >= 15 is 0 Å². The maximum absolute atomic E-state index is 13.0. The van der Waals surface area contributed by atoms with Gasteiger partial charge in [0.25, 0.3) is 5.89 Å². The molecule has 5 nitrogen and oxygen atoms in total. The van der Waals surface area contributed by atoms with E-state index in [0.29, 0.717) is 10.9 Å². The highest BCUT2D eigenvalue weighted by molar-refractivity contribution is 8.00. The average Bonchev–Trinajstić information content (AvgIpc) is 3.25. The van der Waals surface area contributed by atoms with Crippen molar-refractivity contribution in [3.05, 3.63) is 48.2 Å². The van der Waals surface area contributed by atoms with Crippen molar-refractivity contribution in [2.75, 3.05) is 5.75 Å². The van der Waals surface area contributed by atoms with Crippen LogP contribution in [0.1, 0.15) is 25.3 Å². The summed E-state index contributed by atoms with van der Waals surface area (Å²) in [7, 11) is -3.76. The summed E-state index contributed by atoms with van der Waals surface area (Å²) in [5, 5.41) is 0.254. The van der Waals surface area contributed by atoms with Gasteiger partial charge in [-0.05, 0) is 37.6 Å². The van der Waals surface area contributed by atoms with Crippen molar-refractivity contribution in [3.8, 4) is 11.7 Å². The van der Waals surface area contributed by atoms with Crippen molar-refractivity contribution in [3.63, 3.8) is 0 Å². The Labute approximate surface area is 151 Å². The number of oxazole rings is 1. The van der Waals surface area contributed by atoms with Crippen LogP contribution in [0.5, 0.6) is 0 Å².